The standard InChI is InChI=1S/C13H15BrFN3/c1-6(2)10-7(3)17-12-9(15)5-4-8(14)11(12)13(10)18-16/h4-6H,16H2,1-3H3,(H,17,18). The molecule has 0 saturated carbocycles. The Balaban J connectivity index is 2.99. The van der Waals surface area contributed by atoms with Gasteiger partial charge in [-0.25, -0.2) is 9.37 Å². The summed E-state index contributed by atoms with van der Waals surface area (Å²) in [6, 6.07) is 3.06. The summed E-state index contributed by atoms with van der Waals surface area (Å²) in [6.07, 6.45) is 0. The van der Waals surface area contributed by atoms with E-state index in [1.54, 1.807) is 6.07 Å². The zero-order valence-corrected chi connectivity index (χ0v) is 12.1. The zero-order chi connectivity index (χ0) is 13.4. The third kappa shape index (κ3) is 1.97. The quantitative estimate of drug-likeness (QED) is 0.654. The van der Waals surface area contributed by atoms with Crippen LogP contribution in [0.3, 0.4) is 0 Å². The number of nitrogens with one attached hydrogen (secondary N) is 1. The lowest BCUT2D eigenvalue weighted by Crippen LogP contribution is -2.13. The molecule has 0 spiro atoms. The molecule has 2 rings (SSSR count). The van der Waals surface area contributed by atoms with Crippen LogP contribution in [-0.2, 0) is 0 Å². The van der Waals surface area contributed by atoms with Gasteiger partial charge < -0.3 is 5.43 Å². The number of hydrogen-bond acceptors (Lipinski definition) is 3. The lowest BCUT2D eigenvalue weighted by molar-refractivity contribution is 0.636. The van der Waals surface area contributed by atoms with Crippen LogP contribution in [0.4, 0.5) is 10.1 Å². The molecule has 2 aromatic rings. The number of aryl methyl sites for hydroxylation is 1. The van der Waals surface area contributed by atoms with Gasteiger partial charge in [-0.05, 0) is 25.0 Å². The Hall–Kier alpha value is -1.20. The second-order valence-corrected chi connectivity index (χ2v) is 5.39. The molecule has 1 aromatic heterocycles. The van der Waals surface area contributed by atoms with Crippen LogP contribution in [0.5, 0.6) is 0 Å². The average Bonchev–Trinajstić information content (AvgIpc) is 2.32. The number of nitrogen functional groups attached to an aromatic ring is 1. The first-order chi connectivity index (χ1) is 8.47. The van der Waals surface area contributed by atoms with Crippen LogP contribution in [0.15, 0.2) is 16.6 Å². The summed E-state index contributed by atoms with van der Waals surface area (Å²) in [7, 11) is 0. The second kappa shape index (κ2) is 4.82. The highest BCUT2D eigenvalue weighted by molar-refractivity contribution is 9.10. The molecule has 0 aliphatic carbocycles. The van der Waals surface area contributed by atoms with Crippen molar-refractivity contribution in [2.24, 2.45) is 5.84 Å². The van der Waals surface area contributed by atoms with E-state index in [1.165, 1.54) is 6.07 Å². The molecule has 1 aromatic carbocycles. The van der Waals surface area contributed by atoms with Gasteiger partial charge in [0.25, 0.3) is 0 Å². The predicted octanol–water partition coefficient (Wildman–Crippen LogP) is 3.85. The molecule has 0 unspecified atom stereocenters. The minimum Gasteiger partial charge on any atom is -0.323 e. The van der Waals surface area contributed by atoms with Crippen LogP contribution >= 0.6 is 15.9 Å². The Morgan fingerprint density at radius 1 is 1.39 bits per heavy atom. The highest BCUT2D eigenvalue weighted by atomic mass is 79.9. The molecule has 18 heavy (non-hydrogen) atoms. The van der Waals surface area contributed by atoms with Gasteiger partial charge in [0, 0.05) is 21.1 Å². The van der Waals surface area contributed by atoms with Gasteiger partial charge in [0.2, 0.25) is 0 Å². The maximum absolute atomic E-state index is 13.8. The fourth-order valence-corrected chi connectivity index (χ4v) is 2.81. The van der Waals surface area contributed by atoms with E-state index in [-0.39, 0.29) is 11.7 Å². The first-order valence-corrected chi connectivity index (χ1v) is 6.51. The number of halogens is 2. The van der Waals surface area contributed by atoms with Gasteiger partial charge in [0.15, 0.2) is 0 Å². The smallest absolute Gasteiger partial charge is 0.149 e. The van der Waals surface area contributed by atoms with E-state index >= 15 is 0 Å². The normalized spacial score (nSPS) is 11.3. The van der Waals surface area contributed by atoms with E-state index < -0.39 is 0 Å². The Morgan fingerprint density at radius 2 is 2.06 bits per heavy atom. The van der Waals surface area contributed by atoms with Crippen LogP contribution in [-0.4, -0.2) is 4.98 Å². The number of hydrogen-bond donors (Lipinski definition) is 2. The number of benzene rings is 1. The van der Waals surface area contributed by atoms with Gasteiger partial charge in [0.05, 0.1) is 5.69 Å². The first-order valence-electron chi connectivity index (χ1n) is 5.72. The highest BCUT2D eigenvalue weighted by Gasteiger charge is 2.18. The zero-order valence-electron chi connectivity index (χ0n) is 10.5. The van der Waals surface area contributed by atoms with Gasteiger partial charge in [-0.3, -0.25) is 5.84 Å². The van der Waals surface area contributed by atoms with Crippen molar-refractivity contribution in [3.05, 3.63) is 33.7 Å². The van der Waals surface area contributed by atoms with Gasteiger partial charge in [0.1, 0.15) is 11.3 Å². The molecule has 0 aliphatic heterocycles. The van der Waals surface area contributed by atoms with Crippen molar-refractivity contribution < 1.29 is 4.39 Å². The largest absolute Gasteiger partial charge is 0.323 e. The molecule has 0 fully saturated rings. The van der Waals surface area contributed by atoms with Crippen molar-refractivity contribution in [1.82, 2.24) is 4.98 Å². The average molecular weight is 312 g/mol. The molecule has 96 valence electrons. The molecule has 0 saturated heterocycles. The number of pyridine rings is 1. The van der Waals surface area contributed by atoms with Gasteiger partial charge >= 0.3 is 0 Å². The van der Waals surface area contributed by atoms with Gasteiger partial charge in [-0.15, -0.1) is 0 Å². The second-order valence-electron chi connectivity index (χ2n) is 4.54. The Morgan fingerprint density at radius 3 is 2.61 bits per heavy atom. The number of nitrogens with zero attached hydrogens (tertiary/aromatic N) is 1. The van der Waals surface area contributed by atoms with Crippen LogP contribution in [0.1, 0.15) is 31.0 Å². The Labute approximate surface area is 114 Å². The van der Waals surface area contributed by atoms with E-state index in [0.29, 0.717) is 10.9 Å². The fraction of sp³-hybridized carbons (Fsp3) is 0.308. The number of fused-ring (bicyclic) bond motifs is 1. The molecule has 1 heterocycles. The lowest BCUT2D eigenvalue weighted by atomic mass is 9.97. The van der Waals surface area contributed by atoms with Crippen molar-refractivity contribution in [1.29, 1.82) is 0 Å². The summed E-state index contributed by atoms with van der Waals surface area (Å²) in [5.74, 6) is 5.53. The van der Waals surface area contributed by atoms with E-state index in [2.05, 4.69) is 40.2 Å². The van der Waals surface area contributed by atoms with Crippen molar-refractivity contribution in [3.8, 4) is 0 Å². The predicted molar refractivity (Wildman–Crippen MR) is 76.0 cm³/mol. The molecular formula is C13H15BrFN3. The number of anilines is 1. The van der Waals surface area contributed by atoms with Crippen LogP contribution in [0.25, 0.3) is 10.9 Å². The van der Waals surface area contributed by atoms with Crippen LogP contribution in [0.2, 0.25) is 0 Å². The van der Waals surface area contributed by atoms with E-state index in [4.69, 9.17) is 5.84 Å². The molecule has 5 heteroatoms. The maximum Gasteiger partial charge on any atom is 0.149 e. The fourth-order valence-electron chi connectivity index (χ4n) is 2.29. The summed E-state index contributed by atoms with van der Waals surface area (Å²) in [5, 5.41) is 0.687. The molecule has 0 amide bonds. The van der Waals surface area contributed by atoms with Crippen molar-refractivity contribution in [3.63, 3.8) is 0 Å². The molecule has 0 bridgehead atoms. The minimum atomic E-state index is -0.344. The molecule has 3 N–H and O–H groups in total. The Kier molecular flexibility index (Phi) is 3.54. The maximum atomic E-state index is 13.8. The van der Waals surface area contributed by atoms with Crippen molar-refractivity contribution in [2.75, 3.05) is 5.43 Å². The summed E-state index contributed by atoms with van der Waals surface area (Å²) in [6.45, 7) is 5.99. The molecular weight excluding hydrogens is 297 g/mol. The third-order valence-corrected chi connectivity index (χ3v) is 3.65. The topological polar surface area (TPSA) is 50.9 Å². The van der Waals surface area contributed by atoms with E-state index in [0.717, 1.165) is 21.4 Å². The molecule has 3 nitrogen and oxygen atoms in total. The number of nitrogens with two attached hydrogens (primary N) is 1. The highest BCUT2D eigenvalue weighted by Crippen LogP contribution is 2.37. The summed E-state index contributed by atoms with van der Waals surface area (Å²) in [5.41, 5.74) is 5.56. The van der Waals surface area contributed by atoms with E-state index in [9.17, 15) is 4.39 Å². The minimum absolute atomic E-state index is 0.253. The van der Waals surface area contributed by atoms with Crippen LogP contribution in [0, 0.1) is 12.7 Å². The van der Waals surface area contributed by atoms with Gasteiger partial charge in [-0.2, -0.15) is 0 Å². The number of hydrazine groups is 1. The molecule has 0 aliphatic rings. The summed E-state index contributed by atoms with van der Waals surface area (Å²) >= 11 is 3.43. The van der Waals surface area contributed by atoms with Crippen molar-refractivity contribution in [2.45, 2.75) is 26.7 Å². The van der Waals surface area contributed by atoms with Crippen molar-refractivity contribution >= 4 is 32.5 Å². The monoisotopic (exact) mass is 311 g/mol. The number of rotatable bonds is 2. The lowest BCUT2D eigenvalue weighted by Gasteiger charge is -2.18. The summed E-state index contributed by atoms with van der Waals surface area (Å²) in [4.78, 5) is 4.37. The summed E-state index contributed by atoms with van der Waals surface area (Å²) < 4.78 is 14.6. The van der Waals surface area contributed by atoms with Gasteiger partial charge in [-0.1, -0.05) is 29.8 Å². The first kappa shape index (κ1) is 13.2. The molecule has 0 radical (unpaired) electrons. The third-order valence-electron chi connectivity index (χ3n) is 2.99. The van der Waals surface area contributed by atoms with E-state index in [1.807, 2.05) is 6.92 Å². The SMILES string of the molecule is Cc1nc2c(F)ccc(Br)c2c(NN)c1C(C)C. The molecule has 0 atom stereocenters. The number of aromatic nitrogens is 1. The Bertz CT molecular complexity index is 611. The van der Waals surface area contributed by atoms with Crippen LogP contribution < -0.4 is 11.3 Å².